The van der Waals surface area contributed by atoms with Crippen molar-refractivity contribution < 1.29 is 35.2 Å². The van der Waals surface area contributed by atoms with Gasteiger partial charge in [0, 0.05) is 19.7 Å². The van der Waals surface area contributed by atoms with Gasteiger partial charge >= 0.3 is 6.18 Å². The molecule has 1 N–H and O–H groups in total. The minimum Gasteiger partial charge on any atom is -0.336 e. The van der Waals surface area contributed by atoms with Crippen LogP contribution >= 0.6 is 0 Å². The number of amides is 1. The number of alkyl halides is 4. The molecule has 2 rings (SSSR count). The van der Waals surface area contributed by atoms with Crippen LogP contribution in [-0.4, -0.2) is 67.0 Å². The van der Waals surface area contributed by atoms with Crippen LogP contribution in [0.25, 0.3) is 0 Å². The second-order valence-electron chi connectivity index (χ2n) is 7.23. The van der Waals surface area contributed by atoms with Gasteiger partial charge in [-0.15, -0.1) is 0 Å². The van der Waals surface area contributed by atoms with Gasteiger partial charge in [0.05, 0.1) is 17.1 Å². The largest absolute Gasteiger partial charge is 0.449 e. The first-order chi connectivity index (χ1) is 14.7. The molecule has 1 unspecified atom stereocenters. The maximum atomic E-state index is 14.4. The lowest BCUT2D eigenvalue weighted by molar-refractivity contribution is -0.126. The average molecular weight is 482 g/mol. The Kier molecular flexibility index (Phi) is 7.66. The standard InChI is InChI=1S/C19H23F5N4O3S/c1-5-25-18(19(22,23)24)27(4)12(3)26-17(29)16-10-15(21)11(2)28(16)32(30,31)14-8-6-13(20)7-9-14/h5-9,11-12,15-16H,1,10H2,2-4H3,(H,26,29)/b25-18-/t11-,12?,15+,16-/m0/s1. The molecule has 1 heterocycles. The van der Waals surface area contributed by atoms with Gasteiger partial charge in [-0.25, -0.2) is 22.2 Å². The molecule has 178 valence electrons. The average Bonchev–Trinajstić information content (AvgIpc) is 3.00. The van der Waals surface area contributed by atoms with Gasteiger partial charge in [0.1, 0.15) is 18.0 Å². The van der Waals surface area contributed by atoms with Crippen molar-refractivity contribution in [1.82, 2.24) is 14.5 Å². The molecular formula is C19H23F5N4O3S. The summed E-state index contributed by atoms with van der Waals surface area (Å²) in [5.74, 6) is -3.00. The van der Waals surface area contributed by atoms with Gasteiger partial charge in [-0.05, 0) is 38.1 Å². The highest BCUT2D eigenvalue weighted by Crippen LogP contribution is 2.33. The monoisotopic (exact) mass is 482 g/mol. The summed E-state index contributed by atoms with van der Waals surface area (Å²) in [7, 11) is -3.37. The maximum Gasteiger partial charge on any atom is 0.449 e. The Bertz CT molecular complexity index is 982. The van der Waals surface area contributed by atoms with E-state index in [2.05, 4.69) is 16.9 Å². The third-order valence-electron chi connectivity index (χ3n) is 5.11. The number of nitrogens with zero attached hydrogens (tertiary/aromatic N) is 3. The fraction of sp³-hybridized carbons (Fsp3) is 0.474. The van der Waals surface area contributed by atoms with Crippen molar-refractivity contribution in [3.8, 4) is 0 Å². The summed E-state index contributed by atoms with van der Waals surface area (Å²) in [6.07, 6.45) is -7.60. The van der Waals surface area contributed by atoms with E-state index in [1.54, 1.807) is 0 Å². The normalized spacial score (nSPS) is 23.6. The zero-order valence-electron chi connectivity index (χ0n) is 17.5. The fourth-order valence-corrected chi connectivity index (χ4v) is 5.14. The summed E-state index contributed by atoms with van der Waals surface area (Å²) in [5.41, 5.74) is 0. The Hall–Kier alpha value is -2.54. The number of sulfonamides is 1. The number of halogens is 5. The Morgan fingerprint density at radius 1 is 1.34 bits per heavy atom. The third kappa shape index (κ3) is 5.26. The summed E-state index contributed by atoms with van der Waals surface area (Å²) >= 11 is 0. The maximum absolute atomic E-state index is 14.4. The predicted molar refractivity (Wildman–Crippen MR) is 107 cm³/mol. The molecule has 0 aliphatic carbocycles. The number of carbonyl (C=O) groups excluding carboxylic acids is 1. The van der Waals surface area contributed by atoms with Crippen LogP contribution in [0, 0.1) is 5.82 Å². The molecular weight excluding hydrogens is 459 g/mol. The molecule has 1 saturated heterocycles. The van der Waals surface area contributed by atoms with Crippen LogP contribution in [0.4, 0.5) is 22.0 Å². The summed E-state index contributed by atoms with van der Waals surface area (Å²) in [5, 5.41) is 2.28. The highest BCUT2D eigenvalue weighted by molar-refractivity contribution is 7.89. The van der Waals surface area contributed by atoms with Crippen molar-refractivity contribution >= 4 is 21.8 Å². The van der Waals surface area contributed by atoms with Gasteiger partial charge in [-0.1, -0.05) is 6.58 Å². The minimum atomic E-state index is -4.84. The Labute approximate surface area is 182 Å². The predicted octanol–water partition coefficient (Wildman–Crippen LogP) is 2.81. The van der Waals surface area contributed by atoms with Crippen molar-refractivity contribution in [3.05, 3.63) is 42.9 Å². The molecule has 13 heteroatoms. The van der Waals surface area contributed by atoms with E-state index < -0.39 is 64.6 Å². The number of benzene rings is 1. The topological polar surface area (TPSA) is 82.1 Å². The van der Waals surface area contributed by atoms with E-state index in [0.717, 1.165) is 31.3 Å². The second-order valence-corrected chi connectivity index (χ2v) is 9.07. The van der Waals surface area contributed by atoms with Crippen LogP contribution in [0.1, 0.15) is 20.3 Å². The molecule has 0 radical (unpaired) electrons. The lowest BCUT2D eigenvalue weighted by atomic mass is 10.1. The summed E-state index contributed by atoms with van der Waals surface area (Å²) < 4.78 is 93.9. The van der Waals surface area contributed by atoms with Crippen LogP contribution < -0.4 is 5.32 Å². The Balaban J connectivity index is 2.30. The van der Waals surface area contributed by atoms with E-state index in [-0.39, 0.29) is 4.90 Å². The van der Waals surface area contributed by atoms with Crippen molar-refractivity contribution in [2.75, 3.05) is 7.05 Å². The second kappa shape index (κ2) is 9.53. The number of rotatable bonds is 6. The highest BCUT2D eigenvalue weighted by Gasteiger charge is 2.49. The van der Waals surface area contributed by atoms with Crippen LogP contribution in [-0.2, 0) is 14.8 Å². The van der Waals surface area contributed by atoms with E-state index in [1.807, 2.05) is 0 Å². The van der Waals surface area contributed by atoms with Crippen LogP contribution in [0.3, 0.4) is 0 Å². The van der Waals surface area contributed by atoms with Gasteiger partial charge in [0.2, 0.25) is 21.8 Å². The molecule has 32 heavy (non-hydrogen) atoms. The number of carbonyl (C=O) groups is 1. The minimum absolute atomic E-state index is 0.347. The van der Waals surface area contributed by atoms with Gasteiger partial charge < -0.3 is 10.2 Å². The summed E-state index contributed by atoms with van der Waals surface area (Å²) in [6, 6.07) is 1.04. The van der Waals surface area contributed by atoms with Gasteiger partial charge in [-0.3, -0.25) is 4.79 Å². The third-order valence-corrected chi connectivity index (χ3v) is 7.12. The number of aliphatic imine (C=N–C) groups is 1. The molecule has 4 atom stereocenters. The van der Waals surface area contributed by atoms with Crippen LogP contribution in [0.15, 0.2) is 46.9 Å². The zero-order chi connectivity index (χ0) is 24.4. The SMILES string of the molecule is C=C/N=C(\N(C)C(C)NC(=O)[C@@H]1C[C@@H](F)[C@H](C)N1S(=O)(=O)c1ccc(F)cc1)C(F)(F)F. The van der Waals surface area contributed by atoms with E-state index in [0.29, 0.717) is 15.4 Å². The van der Waals surface area contributed by atoms with E-state index >= 15 is 0 Å². The molecule has 0 aromatic heterocycles. The Morgan fingerprint density at radius 3 is 2.41 bits per heavy atom. The molecule has 1 aliphatic rings. The van der Waals surface area contributed by atoms with Gasteiger partial charge in [0.25, 0.3) is 0 Å². The molecule has 1 amide bonds. The lowest BCUT2D eigenvalue weighted by Crippen LogP contribution is -2.55. The molecule has 7 nitrogen and oxygen atoms in total. The Morgan fingerprint density at radius 2 is 1.91 bits per heavy atom. The number of hydrogen-bond donors (Lipinski definition) is 1. The quantitative estimate of drug-likeness (QED) is 0.293. The van der Waals surface area contributed by atoms with Gasteiger partial charge in [-0.2, -0.15) is 17.5 Å². The molecule has 1 aliphatic heterocycles. The van der Waals surface area contributed by atoms with Gasteiger partial charge in [0.15, 0.2) is 0 Å². The molecule has 0 bridgehead atoms. The van der Waals surface area contributed by atoms with Crippen LogP contribution in [0.5, 0.6) is 0 Å². The summed E-state index contributed by atoms with van der Waals surface area (Å²) in [4.78, 5) is 16.3. The highest BCUT2D eigenvalue weighted by atomic mass is 32.2. The lowest BCUT2D eigenvalue weighted by Gasteiger charge is -2.32. The first-order valence-corrected chi connectivity index (χ1v) is 10.9. The smallest absolute Gasteiger partial charge is 0.336 e. The van der Waals surface area contributed by atoms with Crippen molar-refractivity contribution in [2.24, 2.45) is 4.99 Å². The van der Waals surface area contributed by atoms with Crippen molar-refractivity contribution in [3.63, 3.8) is 0 Å². The van der Waals surface area contributed by atoms with Crippen molar-refractivity contribution in [2.45, 2.75) is 55.8 Å². The van der Waals surface area contributed by atoms with E-state index in [4.69, 9.17) is 0 Å². The van der Waals surface area contributed by atoms with Crippen LogP contribution in [0.2, 0.25) is 0 Å². The molecule has 1 aromatic carbocycles. The number of hydrogen-bond acceptors (Lipinski definition) is 4. The number of nitrogens with one attached hydrogen (secondary N) is 1. The molecule has 1 fully saturated rings. The van der Waals surface area contributed by atoms with Crippen molar-refractivity contribution in [1.29, 1.82) is 0 Å². The van der Waals surface area contributed by atoms with E-state index in [1.165, 1.54) is 13.8 Å². The van der Waals surface area contributed by atoms with E-state index in [9.17, 15) is 35.2 Å². The first kappa shape index (κ1) is 25.7. The summed E-state index contributed by atoms with van der Waals surface area (Å²) in [6.45, 7) is 5.63. The number of amidine groups is 1. The molecule has 0 saturated carbocycles. The fourth-order valence-electron chi connectivity index (χ4n) is 3.33. The molecule has 0 spiro atoms. The first-order valence-electron chi connectivity index (χ1n) is 9.44. The zero-order valence-corrected chi connectivity index (χ0v) is 18.3. The molecule has 1 aromatic rings.